The number of hydrogen-bond acceptors (Lipinski definition) is 5. The van der Waals surface area contributed by atoms with Crippen molar-refractivity contribution in [1.29, 1.82) is 0 Å². The zero-order valence-corrected chi connectivity index (χ0v) is 12.7. The molecule has 0 spiro atoms. The van der Waals surface area contributed by atoms with Crippen LogP contribution >= 0.6 is 0 Å². The summed E-state index contributed by atoms with van der Waals surface area (Å²) >= 11 is 0. The third-order valence-corrected chi connectivity index (χ3v) is 4.59. The smallest absolute Gasteiger partial charge is 0.137 e. The quantitative estimate of drug-likeness (QED) is 0.829. The number of nitrogens with zero attached hydrogens (tertiary/aromatic N) is 6. The summed E-state index contributed by atoms with van der Waals surface area (Å²) in [6.45, 7) is 6.80. The van der Waals surface area contributed by atoms with E-state index >= 15 is 0 Å². The molecule has 0 unspecified atom stereocenters. The van der Waals surface area contributed by atoms with E-state index in [0.717, 1.165) is 45.9 Å². The van der Waals surface area contributed by atoms with Gasteiger partial charge in [-0.05, 0) is 12.3 Å². The molecule has 2 aromatic heterocycles. The van der Waals surface area contributed by atoms with Crippen LogP contribution in [0.4, 0.5) is 0 Å². The molecule has 0 amide bonds. The van der Waals surface area contributed by atoms with Gasteiger partial charge < -0.3 is 9.30 Å². The average molecular weight is 302 g/mol. The molecule has 0 bridgehead atoms. The highest BCUT2D eigenvalue weighted by atomic mass is 16.5. The molecular formula is C15H22N6O. The molecule has 7 nitrogen and oxygen atoms in total. The zero-order chi connectivity index (χ0) is 14.8. The summed E-state index contributed by atoms with van der Waals surface area (Å²) in [5.74, 6) is 2.34. The highest BCUT2D eigenvalue weighted by Crippen LogP contribution is 2.20. The Morgan fingerprint density at radius 2 is 2.23 bits per heavy atom. The summed E-state index contributed by atoms with van der Waals surface area (Å²) in [6, 6.07) is 0. The van der Waals surface area contributed by atoms with Crippen LogP contribution in [0, 0.1) is 11.8 Å². The largest absolute Gasteiger partial charge is 0.381 e. The van der Waals surface area contributed by atoms with Crippen molar-refractivity contribution >= 4 is 0 Å². The van der Waals surface area contributed by atoms with E-state index in [1.165, 1.54) is 12.2 Å². The SMILES string of the molecule is c1cn2c(n1)CN(C[C@H]1CCOC1)C[C@H](Cn1cncn1)C2. The minimum atomic E-state index is 0.513. The first-order valence-corrected chi connectivity index (χ1v) is 7.99. The Kier molecular flexibility index (Phi) is 3.90. The fourth-order valence-corrected chi connectivity index (χ4v) is 3.56. The van der Waals surface area contributed by atoms with Crippen LogP contribution in [0.15, 0.2) is 25.0 Å². The molecule has 0 aliphatic carbocycles. The molecule has 1 fully saturated rings. The number of fused-ring (bicyclic) bond motifs is 1. The standard InChI is InChI=1S/C15H22N6O/c1-4-22-10-13(1)5-19-6-14(8-21-12-16-11-18-21)7-20-3-2-17-15(20)9-19/h2-3,11-14H,1,4-10H2/t13-,14+/m1/s1. The Balaban J connectivity index is 1.49. The van der Waals surface area contributed by atoms with Crippen molar-refractivity contribution in [2.75, 3.05) is 26.3 Å². The number of ether oxygens (including phenoxy) is 1. The van der Waals surface area contributed by atoms with E-state index in [9.17, 15) is 0 Å². The number of imidazole rings is 1. The van der Waals surface area contributed by atoms with Gasteiger partial charge in [-0.25, -0.2) is 9.97 Å². The van der Waals surface area contributed by atoms with Gasteiger partial charge >= 0.3 is 0 Å². The number of rotatable bonds is 4. The van der Waals surface area contributed by atoms with E-state index in [1.54, 1.807) is 12.7 Å². The van der Waals surface area contributed by atoms with E-state index in [2.05, 4.69) is 30.7 Å². The predicted molar refractivity (Wildman–Crippen MR) is 79.9 cm³/mol. The van der Waals surface area contributed by atoms with Crippen LogP contribution in [0.3, 0.4) is 0 Å². The minimum Gasteiger partial charge on any atom is -0.381 e. The van der Waals surface area contributed by atoms with Crippen molar-refractivity contribution in [3.8, 4) is 0 Å². The second-order valence-corrected chi connectivity index (χ2v) is 6.40. The Morgan fingerprint density at radius 3 is 3.05 bits per heavy atom. The van der Waals surface area contributed by atoms with E-state index < -0.39 is 0 Å². The van der Waals surface area contributed by atoms with Crippen LogP contribution in [0.25, 0.3) is 0 Å². The Labute approximate surface area is 129 Å². The van der Waals surface area contributed by atoms with Crippen molar-refractivity contribution in [3.05, 3.63) is 30.9 Å². The normalized spacial score (nSPS) is 26.0. The van der Waals surface area contributed by atoms with E-state index in [4.69, 9.17) is 4.74 Å². The van der Waals surface area contributed by atoms with Gasteiger partial charge in [0.25, 0.3) is 0 Å². The maximum atomic E-state index is 5.53. The summed E-state index contributed by atoms with van der Waals surface area (Å²) in [6.07, 6.45) is 8.58. The van der Waals surface area contributed by atoms with Crippen LogP contribution in [0.2, 0.25) is 0 Å². The summed E-state index contributed by atoms with van der Waals surface area (Å²) in [4.78, 5) is 11.1. The molecule has 0 saturated carbocycles. The van der Waals surface area contributed by atoms with Gasteiger partial charge in [0.2, 0.25) is 0 Å². The van der Waals surface area contributed by atoms with E-state index in [-0.39, 0.29) is 0 Å². The maximum absolute atomic E-state index is 5.53. The second kappa shape index (κ2) is 6.18. The lowest BCUT2D eigenvalue weighted by Crippen LogP contribution is -2.34. The van der Waals surface area contributed by atoms with Crippen molar-refractivity contribution in [3.63, 3.8) is 0 Å². The van der Waals surface area contributed by atoms with Gasteiger partial charge in [-0.1, -0.05) is 0 Å². The molecule has 4 heterocycles. The Bertz CT molecular complexity index is 589. The molecule has 1 saturated heterocycles. The lowest BCUT2D eigenvalue weighted by Gasteiger charge is -2.25. The average Bonchev–Trinajstić information content (AvgIpc) is 3.22. The van der Waals surface area contributed by atoms with Crippen molar-refractivity contribution in [1.82, 2.24) is 29.2 Å². The molecule has 2 aliphatic heterocycles. The van der Waals surface area contributed by atoms with Gasteiger partial charge in [-0.2, -0.15) is 5.10 Å². The molecule has 2 aromatic rings. The molecule has 4 rings (SSSR count). The number of hydrogen-bond donors (Lipinski definition) is 0. The Morgan fingerprint density at radius 1 is 1.23 bits per heavy atom. The van der Waals surface area contributed by atoms with Crippen molar-refractivity contribution in [2.45, 2.75) is 26.1 Å². The van der Waals surface area contributed by atoms with Gasteiger partial charge in [-0.3, -0.25) is 9.58 Å². The fourth-order valence-electron chi connectivity index (χ4n) is 3.56. The van der Waals surface area contributed by atoms with Crippen LogP contribution in [-0.2, 0) is 24.4 Å². The molecule has 7 heteroatoms. The van der Waals surface area contributed by atoms with Crippen molar-refractivity contribution < 1.29 is 4.74 Å². The first-order valence-electron chi connectivity index (χ1n) is 7.99. The van der Waals surface area contributed by atoms with Gasteiger partial charge in [0.1, 0.15) is 18.5 Å². The summed E-state index contributed by atoms with van der Waals surface area (Å²) in [5.41, 5.74) is 0. The molecule has 22 heavy (non-hydrogen) atoms. The third kappa shape index (κ3) is 3.05. The molecular weight excluding hydrogens is 280 g/mol. The Hall–Kier alpha value is -1.73. The molecule has 0 radical (unpaired) electrons. The van der Waals surface area contributed by atoms with E-state index in [0.29, 0.717) is 11.8 Å². The van der Waals surface area contributed by atoms with Crippen LogP contribution < -0.4 is 0 Å². The maximum Gasteiger partial charge on any atom is 0.137 e. The van der Waals surface area contributed by atoms with E-state index in [1.807, 2.05) is 10.9 Å². The molecule has 0 N–H and O–H groups in total. The summed E-state index contributed by atoms with van der Waals surface area (Å²) in [5, 5.41) is 4.26. The second-order valence-electron chi connectivity index (χ2n) is 6.40. The van der Waals surface area contributed by atoms with Gasteiger partial charge in [-0.15, -0.1) is 0 Å². The highest BCUT2D eigenvalue weighted by molar-refractivity contribution is 4.96. The first-order chi connectivity index (χ1) is 10.9. The van der Waals surface area contributed by atoms with Gasteiger partial charge in [0, 0.05) is 51.1 Å². The van der Waals surface area contributed by atoms with Gasteiger partial charge in [0.05, 0.1) is 13.2 Å². The summed E-state index contributed by atoms with van der Waals surface area (Å²) < 4.78 is 9.74. The first kappa shape index (κ1) is 13.9. The highest BCUT2D eigenvalue weighted by Gasteiger charge is 2.26. The molecule has 2 aliphatic rings. The number of aromatic nitrogens is 5. The molecule has 118 valence electrons. The third-order valence-electron chi connectivity index (χ3n) is 4.59. The molecule has 2 atom stereocenters. The summed E-state index contributed by atoms with van der Waals surface area (Å²) in [7, 11) is 0. The van der Waals surface area contributed by atoms with Crippen molar-refractivity contribution in [2.24, 2.45) is 11.8 Å². The van der Waals surface area contributed by atoms with Gasteiger partial charge in [0.15, 0.2) is 0 Å². The fraction of sp³-hybridized carbons (Fsp3) is 0.667. The van der Waals surface area contributed by atoms with Crippen LogP contribution in [-0.4, -0.2) is 55.5 Å². The van der Waals surface area contributed by atoms with Crippen LogP contribution in [0.5, 0.6) is 0 Å². The minimum absolute atomic E-state index is 0.513. The lowest BCUT2D eigenvalue weighted by atomic mass is 10.1. The molecule has 0 aromatic carbocycles. The predicted octanol–water partition coefficient (Wildman–Crippen LogP) is 0.643. The topological polar surface area (TPSA) is 61.0 Å². The zero-order valence-electron chi connectivity index (χ0n) is 12.7. The monoisotopic (exact) mass is 302 g/mol. The van der Waals surface area contributed by atoms with Crippen LogP contribution in [0.1, 0.15) is 12.2 Å². The lowest BCUT2D eigenvalue weighted by molar-refractivity contribution is 0.153.